The highest BCUT2D eigenvalue weighted by molar-refractivity contribution is 6.44. The van der Waals surface area contributed by atoms with Gasteiger partial charge in [-0.1, -0.05) is 32.0 Å². The Morgan fingerprint density at radius 2 is 1.72 bits per heavy atom. The summed E-state index contributed by atoms with van der Waals surface area (Å²) in [5.41, 5.74) is 1.28. The maximum atomic E-state index is 11.9. The van der Waals surface area contributed by atoms with Gasteiger partial charge in [0.1, 0.15) is 0 Å². The number of hydrogen-bond donors (Lipinski definition) is 1. The number of fused-ring (bicyclic) bond motifs is 1. The number of hydrogen-bond acceptors (Lipinski definition) is 2. The molecule has 4 nitrogen and oxygen atoms in total. The van der Waals surface area contributed by atoms with E-state index in [-0.39, 0.29) is 0 Å². The van der Waals surface area contributed by atoms with Gasteiger partial charge in [-0.05, 0) is 6.07 Å². The number of carbonyl (C=O) groups is 2. The highest BCUT2D eigenvalue weighted by Gasteiger charge is 2.20. The Hall–Kier alpha value is -2.10. The van der Waals surface area contributed by atoms with Gasteiger partial charge < -0.3 is 9.88 Å². The molecule has 2 aromatic rings. The summed E-state index contributed by atoms with van der Waals surface area (Å²) in [5, 5.41) is 0.780. The van der Waals surface area contributed by atoms with Crippen LogP contribution in [0.2, 0.25) is 0 Å². The van der Waals surface area contributed by atoms with E-state index < -0.39 is 11.7 Å². The molecular formula is C14H18N2O2. The summed E-state index contributed by atoms with van der Waals surface area (Å²) in [5.74, 6) is -0.993. The third kappa shape index (κ3) is 2.59. The fourth-order valence-corrected chi connectivity index (χ4v) is 1.58. The predicted octanol–water partition coefficient (Wildman–Crippen LogP) is 2.47. The standard InChI is InChI=1S/C12H12N2O2.C2H6/c1-14(2)12(16)11(15)9-7-13-10-6-4-3-5-8(9)10;1-2/h3-7,13H,1-2H3;1-2H3. The number of Topliss-reactive ketones (excluding diaryl/α,β-unsaturated/α-hetero) is 1. The van der Waals surface area contributed by atoms with Crippen LogP contribution in [0.15, 0.2) is 30.5 Å². The molecule has 0 spiro atoms. The van der Waals surface area contributed by atoms with E-state index in [1.807, 2.05) is 38.1 Å². The molecule has 0 saturated carbocycles. The number of rotatable bonds is 2. The Balaban J connectivity index is 0.000000771. The van der Waals surface area contributed by atoms with Crippen molar-refractivity contribution in [3.05, 3.63) is 36.0 Å². The van der Waals surface area contributed by atoms with E-state index in [0.29, 0.717) is 5.56 Å². The first-order valence-corrected chi connectivity index (χ1v) is 5.93. The number of nitrogens with zero attached hydrogens (tertiary/aromatic N) is 1. The fraction of sp³-hybridized carbons (Fsp3) is 0.286. The molecule has 1 amide bonds. The molecule has 0 atom stereocenters. The quantitative estimate of drug-likeness (QED) is 0.653. The third-order valence-corrected chi connectivity index (χ3v) is 2.43. The molecule has 2 rings (SSSR count). The van der Waals surface area contributed by atoms with Crippen molar-refractivity contribution in [2.24, 2.45) is 0 Å². The first-order chi connectivity index (χ1) is 8.61. The van der Waals surface area contributed by atoms with Gasteiger partial charge in [0, 0.05) is 31.2 Å². The number of likely N-dealkylation sites (N-methyl/N-ethyl adjacent to an activating group) is 1. The molecule has 1 heterocycles. The molecule has 1 aromatic carbocycles. The maximum absolute atomic E-state index is 11.9. The van der Waals surface area contributed by atoms with Gasteiger partial charge in [-0.25, -0.2) is 0 Å². The molecule has 0 unspecified atom stereocenters. The second kappa shape index (κ2) is 6.00. The largest absolute Gasteiger partial charge is 0.360 e. The van der Waals surface area contributed by atoms with Gasteiger partial charge in [-0.15, -0.1) is 0 Å². The zero-order valence-electron chi connectivity index (χ0n) is 11.2. The third-order valence-electron chi connectivity index (χ3n) is 2.43. The molecule has 96 valence electrons. The summed E-state index contributed by atoms with van der Waals surface area (Å²) in [6, 6.07) is 7.40. The number of aromatic amines is 1. The van der Waals surface area contributed by atoms with Gasteiger partial charge in [0.05, 0.1) is 5.56 Å². The van der Waals surface area contributed by atoms with E-state index in [9.17, 15) is 9.59 Å². The van der Waals surface area contributed by atoms with Crippen LogP contribution in [0.3, 0.4) is 0 Å². The lowest BCUT2D eigenvalue weighted by atomic mass is 10.1. The van der Waals surface area contributed by atoms with Crippen LogP contribution < -0.4 is 0 Å². The molecule has 1 N–H and O–H groups in total. The van der Waals surface area contributed by atoms with Gasteiger partial charge in [-0.3, -0.25) is 9.59 Å². The van der Waals surface area contributed by atoms with Gasteiger partial charge in [0.15, 0.2) is 0 Å². The SMILES string of the molecule is CC.CN(C)C(=O)C(=O)c1c[nH]c2ccccc12. The van der Waals surface area contributed by atoms with E-state index in [1.165, 1.54) is 4.90 Å². The monoisotopic (exact) mass is 246 g/mol. The average molecular weight is 246 g/mol. The van der Waals surface area contributed by atoms with Crippen LogP contribution in [-0.2, 0) is 4.79 Å². The van der Waals surface area contributed by atoms with E-state index in [0.717, 1.165) is 10.9 Å². The van der Waals surface area contributed by atoms with Crippen LogP contribution in [0.1, 0.15) is 24.2 Å². The highest BCUT2D eigenvalue weighted by Crippen LogP contribution is 2.18. The number of H-pyrrole nitrogens is 1. The van der Waals surface area contributed by atoms with Crippen molar-refractivity contribution in [3.8, 4) is 0 Å². The van der Waals surface area contributed by atoms with E-state index in [4.69, 9.17) is 0 Å². The van der Waals surface area contributed by atoms with E-state index in [2.05, 4.69) is 4.98 Å². The van der Waals surface area contributed by atoms with Crippen molar-refractivity contribution in [2.75, 3.05) is 14.1 Å². The molecule has 0 aliphatic heterocycles. The summed E-state index contributed by atoms with van der Waals surface area (Å²) in [6.07, 6.45) is 1.58. The van der Waals surface area contributed by atoms with Crippen molar-refractivity contribution < 1.29 is 9.59 Å². The normalized spacial score (nSPS) is 9.56. The van der Waals surface area contributed by atoms with Crippen LogP contribution in [-0.4, -0.2) is 35.7 Å². The molecular weight excluding hydrogens is 228 g/mol. The molecule has 0 bridgehead atoms. The number of ketones is 1. The Morgan fingerprint density at radius 3 is 2.33 bits per heavy atom. The van der Waals surface area contributed by atoms with Crippen molar-refractivity contribution in [1.82, 2.24) is 9.88 Å². The van der Waals surface area contributed by atoms with Crippen molar-refractivity contribution in [2.45, 2.75) is 13.8 Å². The molecule has 0 fully saturated rings. The number of amides is 1. The lowest BCUT2D eigenvalue weighted by Crippen LogP contribution is -2.29. The number of carbonyl (C=O) groups excluding carboxylic acids is 2. The summed E-state index contributed by atoms with van der Waals surface area (Å²) < 4.78 is 0. The molecule has 0 aliphatic carbocycles. The second-order valence-corrected chi connectivity index (χ2v) is 3.78. The van der Waals surface area contributed by atoms with Crippen LogP contribution in [0.4, 0.5) is 0 Å². The Bertz CT molecular complexity index is 556. The summed E-state index contributed by atoms with van der Waals surface area (Å²) in [4.78, 5) is 27.7. The summed E-state index contributed by atoms with van der Waals surface area (Å²) in [6.45, 7) is 4.00. The number of benzene rings is 1. The van der Waals surface area contributed by atoms with Gasteiger partial charge in [0.2, 0.25) is 0 Å². The van der Waals surface area contributed by atoms with E-state index in [1.54, 1.807) is 20.3 Å². The van der Waals surface area contributed by atoms with E-state index >= 15 is 0 Å². The second-order valence-electron chi connectivity index (χ2n) is 3.78. The maximum Gasteiger partial charge on any atom is 0.294 e. The van der Waals surface area contributed by atoms with Gasteiger partial charge >= 0.3 is 0 Å². The van der Waals surface area contributed by atoms with Gasteiger partial charge in [0.25, 0.3) is 11.7 Å². The van der Waals surface area contributed by atoms with Crippen LogP contribution in [0.5, 0.6) is 0 Å². The lowest BCUT2D eigenvalue weighted by Gasteiger charge is -2.07. The molecule has 0 saturated heterocycles. The first kappa shape index (κ1) is 14.0. The average Bonchev–Trinajstić information content (AvgIpc) is 2.83. The van der Waals surface area contributed by atoms with Crippen molar-refractivity contribution >= 4 is 22.6 Å². The smallest absolute Gasteiger partial charge is 0.294 e. The number of para-hydroxylation sites is 1. The van der Waals surface area contributed by atoms with Gasteiger partial charge in [-0.2, -0.15) is 0 Å². The number of nitrogens with one attached hydrogen (secondary N) is 1. The molecule has 0 aliphatic rings. The molecule has 4 heteroatoms. The number of aromatic nitrogens is 1. The molecule has 1 aromatic heterocycles. The van der Waals surface area contributed by atoms with Crippen LogP contribution in [0.25, 0.3) is 10.9 Å². The minimum absolute atomic E-state index is 0.425. The van der Waals surface area contributed by atoms with Crippen LogP contribution >= 0.6 is 0 Å². The summed E-state index contributed by atoms with van der Waals surface area (Å²) in [7, 11) is 3.13. The minimum atomic E-state index is -0.509. The zero-order valence-corrected chi connectivity index (χ0v) is 11.2. The Morgan fingerprint density at radius 1 is 1.11 bits per heavy atom. The predicted molar refractivity (Wildman–Crippen MR) is 72.7 cm³/mol. The Kier molecular flexibility index (Phi) is 4.66. The Labute approximate surface area is 107 Å². The lowest BCUT2D eigenvalue weighted by molar-refractivity contribution is -0.124. The molecule has 0 radical (unpaired) electrons. The zero-order chi connectivity index (χ0) is 13.7. The van der Waals surface area contributed by atoms with Crippen LogP contribution in [0, 0.1) is 0 Å². The van der Waals surface area contributed by atoms with Crippen molar-refractivity contribution in [3.63, 3.8) is 0 Å². The fourth-order valence-electron chi connectivity index (χ4n) is 1.58. The highest BCUT2D eigenvalue weighted by atomic mass is 16.2. The molecule has 18 heavy (non-hydrogen) atoms. The van der Waals surface area contributed by atoms with Crippen molar-refractivity contribution in [1.29, 1.82) is 0 Å². The minimum Gasteiger partial charge on any atom is -0.360 e. The first-order valence-electron chi connectivity index (χ1n) is 5.93. The topological polar surface area (TPSA) is 53.2 Å². The summed E-state index contributed by atoms with van der Waals surface area (Å²) >= 11 is 0.